The Hall–Kier alpha value is -0.610. The van der Waals surface area contributed by atoms with Crippen LogP contribution in [0.3, 0.4) is 0 Å². The molecule has 2 N–H and O–H groups in total. The molecule has 1 aliphatic heterocycles. The van der Waals surface area contributed by atoms with E-state index in [1.165, 1.54) is 12.8 Å². The Morgan fingerprint density at radius 1 is 1.50 bits per heavy atom. The van der Waals surface area contributed by atoms with E-state index in [2.05, 4.69) is 6.92 Å². The van der Waals surface area contributed by atoms with Crippen molar-refractivity contribution in [3.8, 4) is 0 Å². The second-order valence-electron chi connectivity index (χ2n) is 4.40. The van der Waals surface area contributed by atoms with E-state index in [0.29, 0.717) is 6.04 Å². The van der Waals surface area contributed by atoms with Crippen LogP contribution in [0.2, 0.25) is 0 Å². The fourth-order valence-corrected chi connectivity index (χ4v) is 2.37. The first-order chi connectivity index (χ1) is 7.74. The molecule has 2 unspecified atom stereocenters. The van der Waals surface area contributed by atoms with Gasteiger partial charge in [0.15, 0.2) is 0 Å². The molecule has 94 valence electrons. The van der Waals surface area contributed by atoms with Crippen LogP contribution in [0.25, 0.3) is 0 Å². The third-order valence-corrected chi connectivity index (χ3v) is 3.41. The van der Waals surface area contributed by atoms with Gasteiger partial charge in [0.25, 0.3) is 5.91 Å². The van der Waals surface area contributed by atoms with Crippen molar-refractivity contribution in [1.29, 1.82) is 0 Å². The van der Waals surface area contributed by atoms with E-state index in [1.807, 2.05) is 4.90 Å². The minimum atomic E-state index is -0.466. The average Bonchev–Trinajstić information content (AvgIpc) is 2.55. The first-order valence-corrected chi connectivity index (χ1v) is 6.27. The second-order valence-corrected chi connectivity index (χ2v) is 4.40. The lowest BCUT2D eigenvalue weighted by Crippen LogP contribution is -2.48. The maximum atomic E-state index is 12.2. The summed E-state index contributed by atoms with van der Waals surface area (Å²) in [5.41, 5.74) is 5.54. The van der Waals surface area contributed by atoms with Gasteiger partial charge < -0.3 is 15.4 Å². The number of methoxy groups -OCH3 is 1. The molecular formula is C12H24N2O2. The van der Waals surface area contributed by atoms with Crippen LogP contribution in [0.1, 0.15) is 39.0 Å². The van der Waals surface area contributed by atoms with Crippen molar-refractivity contribution < 1.29 is 9.53 Å². The molecule has 0 aromatic rings. The fraction of sp³-hybridized carbons (Fsp3) is 0.917. The number of hydrogen-bond acceptors (Lipinski definition) is 3. The van der Waals surface area contributed by atoms with Gasteiger partial charge in [-0.25, -0.2) is 0 Å². The smallest absolute Gasteiger partial charge is 0.253 e. The van der Waals surface area contributed by atoms with Crippen molar-refractivity contribution >= 4 is 5.91 Å². The number of carbonyl (C=O) groups excluding carboxylic acids is 1. The molecule has 1 heterocycles. The summed E-state index contributed by atoms with van der Waals surface area (Å²) in [7, 11) is 1.55. The summed E-state index contributed by atoms with van der Waals surface area (Å²) in [5, 5.41) is 0. The van der Waals surface area contributed by atoms with Crippen LogP contribution in [-0.2, 0) is 9.53 Å². The van der Waals surface area contributed by atoms with Gasteiger partial charge in [0.2, 0.25) is 0 Å². The minimum absolute atomic E-state index is 0.0683. The third-order valence-electron chi connectivity index (χ3n) is 3.41. The first kappa shape index (κ1) is 13.5. The largest absolute Gasteiger partial charge is 0.370 e. The molecular weight excluding hydrogens is 204 g/mol. The molecule has 1 aliphatic rings. The normalized spacial score (nSPS) is 23.9. The van der Waals surface area contributed by atoms with E-state index >= 15 is 0 Å². The Kier molecular flexibility index (Phi) is 5.77. The van der Waals surface area contributed by atoms with E-state index in [0.717, 1.165) is 25.8 Å². The molecule has 0 aliphatic carbocycles. The molecule has 4 nitrogen and oxygen atoms in total. The predicted molar refractivity (Wildman–Crippen MR) is 64.1 cm³/mol. The number of nitrogens with zero attached hydrogens (tertiary/aromatic N) is 1. The number of nitrogens with two attached hydrogens (primary N) is 1. The van der Waals surface area contributed by atoms with Gasteiger partial charge in [0.05, 0.1) is 0 Å². The average molecular weight is 228 g/mol. The summed E-state index contributed by atoms with van der Waals surface area (Å²) >= 11 is 0. The molecule has 1 saturated heterocycles. The van der Waals surface area contributed by atoms with Crippen LogP contribution in [0.4, 0.5) is 0 Å². The number of likely N-dealkylation sites (tertiary alicyclic amines) is 1. The lowest BCUT2D eigenvalue weighted by molar-refractivity contribution is -0.143. The quantitative estimate of drug-likeness (QED) is 0.785. The van der Waals surface area contributed by atoms with Gasteiger partial charge in [-0.1, -0.05) is 19.8 Å². The highest BCUT2D eigenvalue weighted by Crippen LogP contribution is 2.20. The van der Waals surface area contributed by atoms with E-state index in [1.54, 1.807) is 7.11 Å². The van der Waals surface area contributed by atoms with Gasteiger partial charge in [0, 0.05) is 26.2 Å². The van der Waals surface area contributed by atoms with Gasteiger partial charge in [-0.2, -0.15) is 0 Å². The van der Waals surface area contributed by atoms with Crippen LogP contribution in [0.15, 0.2) is 0 Å². The van der Waals surface area contributed by atoms with E-state index in [-0.39, 0.29) is 12.5 Å². The molecule has 1 amide bonds. The van der Waals surface area contributed by atoms with E-state index in [4.69, 9.17) is 10.5 Å². The van der Waals surface area contributed by atoms with E-state index in [9.17, 15) is 4.79 Å². The minimum Gasteiger partial charge on any atom is -0.370 e. The van der Waals surface area contributed by atoms with Crippen molar-refractivity contribution in [2.75, 3.05) is 20.2 Å². The zero-order valence-corrected chi connectivity index (χ0v) is 10.4. The number of hydrogen-bond donors (Lipinski definition) is 1. The zero-order valence-electron chi connectivity index (χ0n) is 10.4. The summed E-state index contributed by atoms with van der Waals surface area (Å²) < 4.78 is 5.13. The summed E-state index contributed by atoms with van der Waals surface area (Å²) in [4.78, 5) is 14.2. The van der Waals surface area contributed by atoms with Crippen molar-refractivity contribution in [3.63, 3.8) is 0 Å². The maximum absolute atomic E-state index is 12.2. The van der Waals surface area contributed by atoms with Crippen LogP contribution < -0.4 is 5.73 Å². The molecule has 0 aromatic heterocycles. The number of ether oxygens (including phenoxy) is 1. The third kappa shape index (κ3) is 3.19. The van der Waals surface area contributed by atoms with Gasteiger partial charge in [-0.05, 0) is 19.3 Å². The molecule has 1 rings (SSSR count). The molecule has 1 fully saturated rings. The van der Waals surface area contributed by atoms with Crippen LogP contribution in [0.5, 0.6) is 0 Å². The Balaban J connectivity index is 2.68. The standard InChI is InChI=1S/C12H24N2O2/c1-3-10-7-5-4-6-8-14(10)12(15)11(9-13)16-2/h10-11H,3-9,13H2,1-2H3. The lowest BCUT2D eigenvalue weighted by Gasteiger charge is -2.31. The second kappa shape index (κ2) is 6.86. The highest BCUT2D eigenvalue weighted by atomic mass is 16.5. The number of carbonyl (C=O) groups is 1. The van der Waals surface area contributed by atoms with Gasteiger partial charge in [-0.3, -0.25) is 4.79 Å². The Morgan fingerprint density at radius 2 is 2.25 bits per heavy atom. The highest BCUT2D eigenvalue weighted by Gasteiger charge is 2.28. The topological polar surface area (TPSA) is 55.6 Å². The van der Waals surface area contributed by atoms with Crippen molar-refractivity contribution in [1.82, 2.24) is 4.90 Å². The van der Waals surface area contributed by atoms with Crippen molar-refractivity contribution in [2.45, 2.75) is 51.2 Å². The maximum Gasteiger partial charge on any atom is 0.253 e. The SMILES string of the molecule is CCC1CCCCCN1C(=O)C(CN)OC. The number of rotatable bonds is 4. The van der Waals surface area contributed by atoms with Crippen LogP contribution >= 0.6 is 0 Å². The molecule has 0 radical (unpaired) electrons. The van der Waals surface area contributed by atoms with Gasteiger partial charge in [-0.15, -0.1) is 0 Å². The zero-order chi connectivity index (χ0) is 12.0. The molecule has 2 atom stereocenters. The van der Waals surface area contributed by atoms with Crippen molar-refractivity contribution in [2.24, 2.45) is 5.73 Å². The highest BCUT2D eigenvalue weighted by molar-refractivity contribution is 5.81. The molecule has 16 heavy (non-hydrogen) atoms. The molecule has 0 aromatic carbocycles. The van der Waals surface area contributed by atoms with Crippen LogP contribution in [-0.4, -0.2) is 43.2 Å². The monoisotopic (exact) mass is 228 g/mol. The van der Waals surface area contributed by atoms with Crippen molar-refractivity contribution in [3.05, 3.63) is 0 Å². The van der Waals surface area contributed by atoms with Crippen LogP contribution in [0, 0.1) is 0 Å². The van der Waals surface area contributed by atoms with E-state index < -0.39 is 6.10 Å². The fourth-order valence-electron chi connectivity index (χ4n) is 2.37. The Labute approximate surface area is 98.1 Å². The Bertz CT molecular complexity index is 217. The predicted octanol–water partition coefficient (Wildman–Crippen LogP) is 1.14. The van der Waals surface area contributed by atoms with Gasteiger partial charge in [0.1, 0.15) is 6.10 Å². The summed E-state index contributed by atoms with van der Waals surface area (Å²) in [6.07, 6.45) is 5.22. The molecule has 0 saturated carbocycles. The molecule has 0 spiro atoms. The Morgan fingerprint density at radius 3 is 2.81 bits per heavy atom. The number of amides is 1. The lowest BCUT2D eigenvalue weighted by atomic mass is 10.1. The summed E-state index contributed by atoms with van der Waals surface area (Å²) in [6.45, 7) is 3.26. The molecule has 0 bridgehead atoms. The molecule has 4 heteroatoms. The summed E-state index contributed by atoms with van der Waals surface area (Å²) in [6, 6.07) is 0.374. The summed E-state index contributed by atoms with van der Waals surface area (Å²) in [5.74, 6) is 0.0683. The first-order valence-electron chi connectivity index (χ1n) is 6.27. The van der Waals surface area contributed by atoms with Gasteiger partial charge >= 0.3 is 0 Å².